The van der Waals surface area contributed by atoms with Gasteiger partial charge in [-0.1, -0.05) is 76.2 Å². The van der Waals surface area contributed by atoms with Gasteiger partial charge in [0, 0.05) is 6.54 Å². The number of hydrogen-bond donors (Lipinski definition) is 1. The van der Waals surface area contributed by atoms with Gasteiger partial charge in [0.05, 0.1) is 28.7 Å². The summed E-state index contributed by atoms with van der Waals surface area (Å²) in [4.78, 5) is 20.6. The largest absolute Gasteiger partial charge is 0.416 e. The molecule has 0 radical (unpaired) electrons. The van der Waals surface area contributed by atoms with Gasteiger partial charge in [0.25, 0.3) is 5.56 Å². The highest BCUT2D eigenvalue weighted by Crippen LogP contribution is 2.32. The standard InChI is InChI=1S/C34H38F4N4O/c1-5-41(6-2)19-9-18-39-31-21-30-27(20-29(31)35)33(43)42(22-26-10-7-8-11-28(26)34(36,37)38)32(40-30)17-14-24-12-15-25(16-13-24)23(3)4/h7-8,10-17,20-21,23,39H,5-6,9,18-19,22H2,1-4H3/b17-14+. The summed E-state index contributed by atoms with van der Waals surface area (Å²) in [5.41, 5.74) is 0.948. The number of halogens is 4. The fourth-order valence-electron chi connectivity index (χ4n) is 5.01. The Hall–Kier alpha value is -3.98. The number of hydrogen-bond acceptors (Lipinski definition) is 4. The van der Waals surface area contributed by atoms with Crippen LogP contribution < -0.4 is 10.9 Å². The molecule has 3 aromatic carbocycles. The Morgan fingerprint density at radius 1 is 1.00 bits per heavy atom. The van der Waals surface area contributed by atoms with Crippen molar-refractivity contribution in [2.75, 3.05) is 31.5 Å². The van der Waals surface area contributed by atoms with Gasteiger partial charge in [0.15, 0.2) is 0 Å². The molecule has 0 atom stereocenters. The molecule has 0 saturated carbocycles. The number of aromatic nitrogens is 2. The quantitative estimate of drug-likeness (QED) is 0.133. The van der Waals surface area contributed by atoms with Crippen LogP contribution >= 0.6 is 0 Å². The van der Waals surface area contributed by atoms with Crippen molar-refractivity contribution in [1.29, 1.82) is 0 Å². The zero-order valence-corrected chi connectivity index (χ0v) is 25.0. The van der Waals surface area contributed by atoms with Crippen LogP contribution in [-0.2, 0) is 12.7 Å². The van der Waals surface area contributed by atoms with E-state index in [0.717, 1.165) is 43.8 Å². The van der Waals surface area contributed by atoms with Crippen LogP contribution in [0.2, 0.25) is 0 Å². The maximum absolute atomic E-state index is 15.1. The van der Waals surface area contributed by atoms with Gasteiger partial charge in [-0.2, -0.15) is 13.2 Å². The Morgan fingerprint density at radius 2 is 1.70 bits per heavy atom. The minimum absolute atomic E-state index is 0.00545. The second-order valence-electron chi connectivity index (χ2n) is 10.8. The van der Waals surface area contributed by atoms with Crippen molar-refractivity contribution in [3.05, 3.63) is 105 Å². The topological polar surface area (TPSA) is 50.2 Å². The summed E-state index contributed by atoms with van der Waals surface area (Å²) in [6.45, 7) is 11.3. The van der Waals surface area contributed by atoms with Crippen LogP contribution in [-0.4, -0.2) is 40.6 Å². The molecule has 0 unspecified atom stereocenters. The highest BCUT2D eigenvalue weighted by atomic mass is 19.4. The van der Waals surface area contributed by atoms with Crippen LogP contribution in [0.4, 0.5) is 23.2 Å². The van der Waals surface area contributed by atoms with Gasteiger partial charge in [0.1, 0.15) is 11.6 Å². The number of benzene rings is 3. The first-order valence-electron chi connectivity index (χ1n) is 14.6. The van der Waals surface area contributed by atoms with Crippen molar-refractivity contribution < 1.29 is 17.6 Å². The number of anilines is 1. The maximum Gasteiger partial charge on any atom is 0.416 e. The molecule has 228 valence electrons. The van der Waals surface area contributed by atoms with E-state index in [0.29, 0.717) is 12.5 Å². The van der Waals surface area contributed by atoms with Crippen molar-refractivity contribution in [3.63, 3.8) is 0 Å². The second kappa shape index (κ2) is 14.0. The average Bonchev–Trinajstić information content (AvgIpc) is 2.98. The fraction of sp³-hybridized carbons (Fsp3) is 0.353. The normalized spacial score (nSPS) is 12.2. The van der Waals surface area contributed by atoms with E-state index in [9.17, 15) is 18.0 Å². The lowest BCUT2D eigenvalue weighted by molar-refractivity contribution is -0.138. The van der Waals surface area contributed by atoms with E-state index in [1.165, 1.54) is 34.4 Å². The molecular weight excluding hydrogens is 556 g/mol. The van der Waals surface area contributed by atoms with E-state index in [-0.39, 0.29) is 34.5 Å². The van der Waals surface area contributed by atoms with Crippen molar-refractivity contribution in [3.8, 4) is 0 Å². The molecule has 1 aromatic heterocycles. The van der Waals surface area contributed by atoms with Crippen LogP contribution in [0.5, 0.6) is 0 Å². The number of fused-ring (bicyclic) bond motifs is 1. The lowest BCUT2D eigenvalue weighted by atomic mass is 10.0. The van der Waals surface area contributed by atoms with Crippen LogP contribution in [0.3, 0.4) is 0 Å². The van der Waals surface area contributed by atoms with E-state index in [4.69, 9.17) is 0 Å². The first-order valence-corrected chi connectivity index (χ1v) is 14.6. The highest BCUT2D eigenvalue weighted by Gasteiger charge is 2.33. The predicted molar refractivity (Wildman–Crippen MR) is 167 cm³/mol. The van der Waals surface area contributed by atoms with Gasteiger partial charge in [0.2, 0.25) is 0 Å². The molecule has 1 N–H and O–H groups in total. The summed E-state index contributed by atoms with van der Waals surface area (Å²) in [7, 11) is 0. The molecule has 9 heteroatoms. The summed E-state index contributed by atoms with van der Waals surface area (Å²) < 4.78 is 57.7. The molecule has 0 aliphatic rings. The molecule has 5 nitrogen and oxygen atoms in total. The molecular formula is C34H38F4N4O. The van der Waals surface area contributed by atoms with E-state index in [1.54, 1.807) is 12.2 Å². The molecule has 4 rings (SSSR count). The lowest BCUT2D eigenvalue weighted by Crippen LogP contribution is -2.26. The van der Waals surface area contributed by atoms with Crippen LogP contribution in [0.1, 0.15) is 68.1 Å². The van der Waals surface area contributed by atoms with Crippen molar-refractivity contribution in [1.82, 2.24) is 14.5 Å². The Balaban J connectivity index is 1.76. The molecule has 0 spiro atoms. The minimum atomic E-state index is -4.60. The maximum atomic E-state index is 15.1. The number of alkyl halides is 3. The van der Waals surface area contributed by atoms with E-state index in [1.807, 2.05) is 24.3 Å². The Labute approximate surface area is 249 Å². The summed E-state index contributed by atoms with van der Waals surface area (Å²) in [5, 5.41) is 3.10. The molecule has 4 aromatic rings. The molecule has 1 heterocycles. The summed E-state index contributed by atoms with van der Waals surface area (Å²) in [6.07, 6.45) is -0.422. The first kappa shape index (κ1) is 31.9. The number of nitrogens with zero attached hydrogens (tertiary/aromatic N) is 3. The fourth-order valence-corrected chi connectivity index (χ4v) is 5.01. The van der Waals surface area contributed by atoms with Gasteiger partial charge < -0.3 is 10.2 Å². The van der Waals surface area contributed by atoms with E-state index < -0.39 is 23.1 Å². The molecule has 0 aliphatic carbocycles. The molecule has 0 bridgehead atoms. The Morgan fingerprint density at radius 3 is 2.35 bits per heavy atom. The van der Waals surface area contributed by atoms with Crippen molar-refractivity contribution in [2.45, 2.75) is 52.8 Å². The smallest absolute Gasteiger partial charge is 0.383 e. The summed E-state index contributed by atoms with van der Waals surface area (Å²) in [6, 6.07) is 15.6. The molecule has 0 aliphatic heterocycles. The van der Waals surface area contributed by atoms with Crippen LogP contribution in [0, 0.1) is 5.82 Å². The van der Waals surface area contributed by atoms with Gasteiger partial charge in [-0.25, -0.2) is 9.37 Å². The molecule has 0 saturated heterocycles. The Bertz CT molecular complexity index is 1620. The average molecular weight is 595 g/mol. The minimum Gasteiger partial charge on any atom is -0.383 e. The second-order valence-corrected chi connectivity index (χ2v) is 10.8. The predicted octanol–water partition coefficient (Wildman–Crippen LogP) is 8.04. The summed E-state index contributed by atoms with van der Waals surface area (Å²) in [5.74, 6) is -0.0917. The number of rotatable bonds is 12. The number of nitrogens with one attached hydrogen (secondary N) is 1. The molecule has 43 heavy (non-hydrogen) atoms. The van der Waals surface area contributed by atoms with Gasteiger partial charge in [-0.05, 0) is 72.9 Å². The first-order chi connectivity index (χ1) is 20.5. The highest BCUT2D eigenvalue weighted by molar-refractivity contribution is 5.83. The van der Waals surface area contributed by atoms with Crippen molar-refractivity contribution >= 4 is 28.7 Å². The van der Waals surface area contributed by atoms with E-state index >= 15 is 4.39 Å². The van der Waals surface area contributed by atoms with Gasteiger partial charge >= 0.3 is 6.18 Å². The monoisotopic (exact) mass is 594 g/mol. The van der Waals surface area contributed by atoms with Gasteiger partial charge in [-0.3, -0.25) is 9.36 Å². The third-order valence-corrected chi connectivity index (χ3v) is 7.61. The molecule has 0 amide bonds. The SMILES string of the molecule is CCN(CC)CCCNc1cc2nc(/C=C/c3ccc(C(C)C)cc3)n(Cc3ccccc3C(F)(F)F)c(=O)c2cc1F. The lowest BCUT2D eigenvalue weighted by Gasteiger charge is -2.18. The Kier molecular flexibility index (Phi) is 10.4. The zero-order chi connectivity index (χ0) is 31.1. The zero-order valence-electron chi connectivity index (χ0n) is 25.0. The van der Waals surface area contributed by atoms with E-state index in [2.05, 4.69) is 42.9 Å². The third-order valence-electron chi connectivity index (χ3n) is 7.61. The van der Waals surface area contributed by atoms with Crippen molar-refractivity contribution in [2.24, 2.45) is 0 Å². The van der Waals surface area contributed by atoms with Crippen LogP contribution in [0.15, 0.2) is 65.5 Å². The molecule has 0 fully saturated rings. The third kappa shape index (κ3) is 7.90. The van der Waals surface area contributed by atoms with Crippen LogP contribution in [0.25, 0.3) is 23.1 Å². The summed E-state index contributed by atoms with van der Waals surface area (Å²) >= 11 is 0. The van der Waals surface area contributed by atoms with Gasteiger partial charge in [-0.15, -0.1) is 0 Å².